The third-order valence-corrected chi connectivity index (χ3v) is 7.82. The van der Waals surface area contributed by atoms with E-state index >= 15 is 0 Å². The van der Waals surface area contributed by atoms with Gasteiger partial charge in [-0.25, -0.2) is 19.3 Å². The summed E-state index contributed by atoms with van der Waals surface area (Å²) < 4.78 is 14.7. The number of halogens is 1. The van der Waals surface area contributed by atoms with E-state index in [9.17, 15) is 4.39 Å². The quantitative estimate of drug-likeness (QED) is 0.275. The molecule has 0 aliphatic carbocycles. The molecular formula is C27H19FN4S2. The van der Waals surface area contributed by atoms with E-state index in [0.29, 0.717) is 0 Å². The number of thiophene rings is 1. The molecule has 6 aromatic rings. The van der Waals surface area contributed by atoms with E-state index in [4.69, 9.17) is 4.98 Å². The molecule has 0 saturated carbocycles. The summed E-state index contributed by atoms with van der Waals surface area (Å²) in [5.74, 6) is 0.482. The summed E-state index contributed by atoms with van der Waals surface area (Å²) in [5, 5.41) is 5.41. The van der Waals surface area contributed by atoms with Crippen LogP contribution in [-0.2, 0) is 0 Å². The molecule has 3 aromatic heterocycles. The average Bonchev–Trinajstić information content (AvgIpc) is 3.41. The predicted molar refractivity (Wildman–Crippen MR) is 141 cm³/mol. The summed E-state index contributed by atoms with van der Waals surface area (Å²) in [5.41, 5.74) is 6.25. The third kappa shape index (κ3) is 3.73. The van der Waals surface area contributed by atoms with Crippen molar-refractivity contribution >= 4 is 54.6 Å². The van der Waals surface area contributed by atoms with Crippen molar-refractivity contribution in [3.05, 3.63) is 89.3 Å². The van der Waals surface area contributed by atoms with Crippen molar-refractivity contribution in [1.82, 2.24) is 15.0 Å². The Morgan fingerprint density at radius 2 is 1.59 bits per heavy atom. The second kappa shape index (κ2) is 8.27. The van der Waals surface area contributed by atoms with Gasteiger partial charge in [0.25, 0.3) is 0 Å². The van der Waals surface area contributed by atoms with Gasteiger partial charge in [-0.1, -0.05) is 18.2 Å². The highest BCUT2D eigenvalue weighted by molar-refractivity contribution is 7.21. The molecule has 0 bridgehead atoms. The Bertz CT molecular complexity index is 1650. The fourth-order valence-electron chi connectivity index (χ4n) is 4.09. The molecule has 0 amide bonds. The Kier molecular flexibility index (Phi) is 5.08. The molecule has 0 saturated heterocycles. The SMILES string of the molecule is Cc1ccc2nc(-c3ccc(Nc4ncnc5sc(C)c(-c6ccc(F)cc6)c45)cc3)sc2c1. The van der Waals surface area contributed by atoms with Crippen LogP contribution < -0.4 is 5.32 Å². The van der Waals surface area contributed by atoms with Crippen molar-refractivity contribution in [2.24, 2.45) is 0 Å². The molecule has 0 unspecified atom stereocenters. The Balaban J connectivity index is 1.35. The van der Waals surface area contributed by atoms with E-state index in [1.807, 2.05) is 12.1 Å². The van der Waals surface area contributed by atoms with Crippen LogP contribution in [0, 0.1) is 19.7 Å². The number of nitrogens with zero attached hydrogens (tertiary/aromatic N) is 3. The molecule has 1 N–H and O–H groups in total. The number of thiazole rings is 1. The van der Waals surface area contributed by atoms with Crippen LogP contribution in [0.5, 0.6) is 0 Å². The molecular weight excluding hydrogens is 463 g/mol. The first-order valence-electron chi connectivity index (χ1n) is 10.8. The zero-order valence-electron chi connectivity index (χ0n) is 18.5. The maximum atomic E-state index is 13.5. The van der Waals surface area contributed by atoms with Gasteiger partial charge in [0.15, 0.2) is 0 Å². The van der Waals surface area contributed by atoms with Crippen LogP contribution in [-0.4, -0.2) is 15.0 Å². The number of hydrogen-bond acceptors (Lipinski definition) is 6. The second-order valence-corrected chi connectivity index (χ2v) is 10.4. The van der Waals surface area contributed by atoms with Gasteiger partial charge in [0.05, 0.1) is 15.6 Å². The van der Waals surface area contributed by atoms with Gasteiger partial charge < -0.3 is 5.32 Å². The van der Waals surface area contributed by atoms with E-state index in [-0.39, 0.29) is 5.82 Å². The maximum Gasteiger partial charge on any atom is 0.143 e. The molecule has 7 heteroatoms. The van der Waals surface area contributed by atoms with Crippen LogP contribution in [0.3, 0.4) is 0 Å². The first kappa shape index (κ1) is 20.9. The van der Waals surface area contributed by atoms with E-state index in [0.717, 1.165) is 53.8 Å². The monoisotopic (exact) mass is 482 g/mol. The molecule has 3 aromatic carbocycles. The lowest BCUT2D eigenvalue weighted by Gasteiger charge is -2.09. The van der Waals surface area contributed by atoms with Crippen molar-refractivity contribution in [2.45, 2.75) is 13.8 Å². The zero-order chi connectivity index (χ0) is 23.2. The predicted octanol–water partition coefficient (Wildman–Crippen LogP) is 8.13. The molecule has 4 nitrogen and oxygen atoms in total. The molecule has 0 fully saturated rings. The third-order valence-electron chi connectivity index (χ3n) is 5.74. The summed E-state index contributed by atoms with van der Waals surface area (Å²) in [4.78, 5) is 15.8. The van der Waals surface area contributed by atoms with Crippen LogP contribution in [0.2, 0.25) is 0 Å². The van der Waals surface area contributed by atoms with Gasteiger partial charge in [-0.15, -0.1) is 22.7 Å². The Morgan fingerprint density at radius 3 is 2.38 bits per heavy atom. The van der Waals surface area contributed by atoms with Crippen LogP contribution in [0.4, 0.5) is 15.9 Å². The van der Waals surface area contributed by atoms with Crippen molar-refractivity contribution < 1.29 is 4.39 Å². The molecule has 3 heterocycles. The van der Waals surface area contributed by atoms with Gasteiger partial charge in [-0.3, -0.25) is 0 Å². The standard InChI is InChI=1S/C27H19FN4S2/c1-15-3-12-21-22(13-15)34-26(32-21)18-6-10-20(11-7-18)31-25-24-23(17-4-8-19(28)9-5-17)16(2)33-27(24)30-14-29-25/h3-14H,1-2H3,(H,29,30,31). The summed E-state index contributed by atoms with van der Waals surface area (Å²) in [6, 6.07) is 21.1. The highest BCUT2D eigenvalue weighted by Crippen LogP contribution is 2.41. The van der Waals surface area contributed by atoms with Crippen molar-refractivity contribution in [3.8, 4) is 21.7 Å². The Morgan fingerprint density at radius 1 is 0.824 bits per heavy atom. The van der Waals surface area contributed by atoms with E-state index < -0.39 is 0 Å². The van der Waals surface area contributed by atoms with Crippen molar-refractivity contribution in [2.75, 3.05) is 5.32 Å². The lowest BCUT2D eigenvalue weighted by atomic mass is 10.0. The molecule has 0 spiro atoms. The lowest BCUT2D eigenvalue weighted by Crippen LogP contribution is -1.95. The number of anilines is 2. The first-order chi connectivity index (χ1) is 16.5. The minimum Gasteiger partial charge on any atom is -0.340 e. The van der Waals surface area contributed by atoms with Gasteiger partial charge in [0.2, 0.25) is 0 Å². The van der Waals surface area contributed by atoms with Crippen LogP contribution >= 0.6 is 22.7 Å². The summed E-state index contributed by atoms with van der Waals surface area (Å²) in [6.07, 6.45) is 1.58. The molecule has 0 atom stereocenters. The minimum atomic E-state index is -0.251. The smallest absolute Gasteiger partial charge is 0.143 e. The first-order valence-corrected chi connectivity index (χ1v) is 12.4. The number of hydrogen-bond donors (Lipinski definition) is 1. The molecule has 6 rings (SSSR count). The van der Waals surface area contributed by atoms with Gasteiger partial charge in [0, 0.05) is 21.7 Å². The van der Waals surface area contributed by atoms with Crippen LogP contribution in [0.15, 0.2) is 73.1 Å². The number of benzene rings is 3. The molecule has 34 heavy (non-hydrogen) atoms. The van der Waals surface area contributed by atoms with Gasteiger partial charge in [-0.2, -0.15) is 0 Å². The Labute approximate surface area is 203 Å². The maximum absolute atomic E-state index is 13.5. The average molecular weight is 483 g/mol. The largest absolute Gasteiger partial charge is 0.340 e. The minimum absolute atomic E-state index is 0.251. The van der Waals surface area contributed by atoms with Crippen molar-refractivity contribution in [1.29, 1.82) is 0 Å². The summed E-state index contributed by atoms with van der Waals surface area (Å²) in [6.45, 7) is 4.16. The zero-order valence-corrected chi connectivity index (χ0v) is 20.1. The molecule has 0 radical (unpaired) electrons. The highest BCUT2D eigenvalue weighted by atomic mass is 32.1. The molecule has 0 aliphatic rings. The Hall–Kier alpha value is -3.68. The van der Waals surface area contributed by atoms with Gasteiger partial charge in [-0.05, 0) is 73.5 Å². The second-order valence-electron chi connectivity index (χ2n) is 8.14. The number of fused-ring (bicyclic) bond motifs is 2. The van der Waals surface area contributed by atoms with E-state index in [2.05, 4.69) is 59.5 Å². The van der Waals surface area contributed by atoms with Crippen LogP contribution in [0.25, 0.3) is 42.1 Å². The number of aromatic nitrogens is 3. The normalized spacial score (nSPS) is 11.4. The molecule has 166 valence electrons. The summed E-state index contributed by atoms with van der Waals surface area (Å²) >= 11 is 3.32. The van der Waals surface area contributed by atoms with Gasteiger partial charge >= 0.3 is 0 Å². The topological polar surface area (TPSA) is 50.7 Å². The lowest BCUT2D eigenvalue weighted by molar-refractivity contribution is 0.628. The molecule has 0 aliphatic heterocycles. The summed E-state index contributed by atoms with van der Waals surface area (Å²) in [7, 11) is 0. The highest BCUT2D eigenvalue weighted by Gasteiger charge is 2.17. The van der Waals surface area contributed by atoms with Crippen LogP contribution in [0.1, 0.15) is 10.4 Å². The van der Waals surface area contributed by atoms with E-state index in [1.54, 1.807) is 41.1 Å². The van der Waals surface area contributed by atoms with Crippen molar-refractivity contribution in [3.63, 3.8) is 0 Å². The number of nitrogens with one attached hydrogen (secondary N) is 1. The fourth-order valence-corrected chi connectivity index (χ4v) is 6.17. The number of rotatable bonds is 4. The fraction of sp³-hybridized carbons (Fsp3) is 0.0741. The van der Waals surface area contributed by atoms with Gasteiger partial charge in [0.1, 0.15) is 27.8 Å². The number of aryl methyl sites for hydroxylation is 2. The van der Waals surface area contributed by atoms with E-state index in [1.165, 1.54) is 22.4 Å².